The molecule has 1 aliphatic heterocycles. The Balaban J connectivity index is 1.37. The van der Waals surface area contributed by atoms with E-state index in [1.54, 1.807) is 18.3 Å². The molecule has 0 saturated carbocycles. The molecule has 164 valence electrons. The Bertz CT molecular complexity index is 1360. The predicted octanol–water partition coefficient (Wildman–Crippen LogP) is 3.78. The molecule has 4 aromatic rings. The molecule has 1 N–H and O–H groups in total. The highest BCUT2D eigenvalue weighted by atomic mass is 32.2. The van der Waals surface area contributed by atoms with E-state index in [2.05, 4.69) is 10.3 Å². The minimum absolute atomic E-state index is 0.0459. The number of hydrogen-bond donors (Lipinski definition) is 1. The highest BCUT2D eigenvalue weighted by Gasteiger charge is 2.37. The molecule has 1 atom stereocenters. The molecule has 0 bridgehead atoms. The van der Waals surface area contributed by atoms with E-state index in [0.29, 0.717) is 12.1 Å². The Morgan fingerprint density at radius 1 is 1.16 bits per heavy atom. The van der Waals surface area contributed by atoms with Crippen molar-refractivity contribution in [3.05, 3.63) is 77.4 Å². The zero-order valence-electron chi connectivity index (χ0n) is 17.4. The van der Waals surface area contributed by atoms with Crippen molar-refractivity contribution in [1.29, 1.82) is 0 Å². The molecule has 0 radical (unpaired) electrons. The lowest BCUT2D eigenvalue weighted by Crippen LogP contribution is -2.51. The Morgan fingerprint density at radius 2 is 1.91 bits per heavy atom. The minimum Gasteiger partial charge on any atom is -0.325 e. The molecule has 1 aliphatic rings. The molecular weight excluding hydrogens is 444 g/mol. The number of fused-ring (bicyclic) bond motifs is 2. The number of nitrogens with one attached hydrogen (secondary N) is 1. The third-order valence-electron chi connectivity index (χ3n) is 5.77. The zero-order chi connectivity index (χ0) is 22.3. The number of sulfonamides is 1. The van der Waals surface area contributed by atoms with Crippen molar-refractivity contribution in [2.24, 2.45) is 0 Å². The Labute approximate surface area is 190 Å². The van der Waals surface area contributed by atoms with Crippen LogP contribution in [0.4, 0.5) is 5.69 Å². The number of anilines is 1. The fourth-order valence-electron chi connectivity index (χ4n) is 4.00. The maximum atomic E-state index is 13.2. The lowest BCUT2D eigenvalue weighted by Gasteiger charge is -2.34. The van der Waals surface area contributed by atoms with Crippen molar-refractivity contribution in [2.45, 2.75) is 25.9 Å². The van der Waals surface area contributed by atoms with Gasteiger partial charge in [-0.15, -0.1) is 11.3 Å². The number of amides is 1. The van der Waals surface area contributed by atoms with Crippen molar-refractivity contribution in [1.82, 2.24) is 13.7 Å². The fourth-order valence-corrected chi connectivity index (χ4v) is 5.92. The van der Waals surface area contributed by atoms with Crippen molar-refractivity contribution >= 4 is 37.9 Å². The lowest BCUT2D eigenvalue weighted by atomic mass is 9.95. The summed E-state index contributed by atoms with van der Waals surface area (Å²) in [5.74, 6) is -0.373. The van der Waals surface area contributed by atoms with Gasteiger partial charge in [0.25, 0.3) is 0 Å². The van der Waals surface area contributed by atoms with E-state index in [4.69, 9.17) is 0 Å². The summed E-state index contributed by atoms with van der Waals surface area (Å²) in [4.78, 5) is 18.7. The third kappa shape index (κ3) is 3.83. The zero-order valence-corrected chi connectivity index (χ0v) is 19.1. The molecule has 2 aromatic heterocycles. The molecule has 7 nitrogen and oxygen atoms in total. The highest BCUT2D eigenvalue weighted by Crippen LogP contribution is 2.28. The molecule has 1 amide bonds. The van der Waals surface area contributed by atoms with Gasteiger partial charge in [0.2, 0.25) is 15.9 Å². The van der Waals surface area contributed by atoms with Crippen LogP contribution in [0.1, 0.15) is 18.1 Å². The van der Waals surface area contributed by atoms with Gasteiger partial charge in [-0.2, -0.15) is 4.31 Å². The average Bonchev–Trinajstić information content (AvgIpc) is 3.41. The van der Waals surface area contributed by atoms with Gasteiger partial charge < -0.3 is 5.32 Å². The van der Waals surface area contributed by atoms with Crippen molar-refractivity contribution in [2.75, 3.05) is 11.1 Å². The van der Waals surface area contributed by atoms with E-state index < -0.39 is 16.1 Å². The molecule has 0 unspecified atom stereocenters. The number of hydrogen-bond acceptors (Lipinski definition) is 5. The first-order valence-corrected chi connectivity index (χ1v) is 12.8. The second-order valence-electron chi connectivity index (χ2n) is 7.72. The monoisotopic (exact) mass is 466 g/mol. The van der Waals surface area contributed by atoms with Crippen LogP contribution in [-0.2, 0) is 27.8 Å². The van der Waals surface area contributed by atoms with Crippen molar-refractivity contribution in [3.63, 3.8) is 0 Å². The maximum Gasteiger partial charge on any atom is 0.243 e. The Morgan fingerprint density at radius 3 is 2.62 bits per heavy atom. The molecule has 3 heterocycles. The van der Waals surface area contributed by atoms with Crippen LogP contribution in [0, 0.1) is 0 Å². The standard InChI is InChI=1S/C23H22N4O3S2/c1-2-32(29,30)27-14-18-6-4-3-5-17(18)13-21(27)22(28)24-19-9-7-16(8-10-19)20-15-26-11-12-31-23(26)25-20/h3-12,15,21H,2,13-14H2,1H3,(H,24,28)/t21-/m0/s1. The number of carbonyl (C=O) groups is 1. The van der Waals surface area contributed by atoms with E-state index in [-0.39, 0.29) is 18.2 Å². The predicted molar refractivity (Wildman–Crippen MR) is 126 cm³/mol. The molecule has 0 fully saturated rings. The number of imidazole rings is 1. The first kappa shape index (κ1) is 20.9. The molecule has 5 rings (SSSR count). The Hall–Kier alpha value is -3.01. The second kappa shape index (κ2) is 8.16. The summed E-state index contributed by atoms with van der Waals surface area (Å²) in [6.07, 6.45) is 4.28. The molecular formula is C23H22N4O3S2. The SMILES string of the molecule is CCS(=O)(=O)N1Cc2ccccc2C[C@H]1C(=O)Nc1ccc(-c2cn3ccsc3n2)cc1. The van der Waals surface area contributed by atoms with E-state index in [0.717, 1.165) is 27.3 Å². The van der Waals surface area contributed by atoms with E-state index in [1.165, 1.54) is 4.31 Å². The number of benzene rings is 2. The first-order chi connectivity index (χ1) is 15.4. The van der Waals surface area contributed by atoms with Gasteiger partial charge in [-0.05, 0) is 36.6 Å². The van der Waals surface area contributed by atoms with Gasteiger partial charge in [0.1, 0.15) is 6.04 Å². The molecule has 32 heavy (non-hydrogen) atoms. The average molecular weight is 467 g/mol. The topological polar surface area (TPSA) is 83.8 Å². The van der Waals surface area contributed by atoms with Gasteiger partial charge in [0.05, 0.1) is 11.4 Å². The number of aromatic nitrogens is 2. The van der Waals surface area contributed by atoms with Crippen LogP contribution in [-0.4, -0.2) is 39.8 Å². The summed E-state index contributed by atoms with van der Waals surface area (Å²) in [6.45, 7) is 1.81. The van der Waals surface area contributed by atoms with E-state index in [1.807, 2.05) is 70.7 Å². The van der Waals surface area contributed by atoms with Crippen LogP contribution in [0.15, 0.2) is 66.3 Å². The number of carbonyl (C=O) groups excluding carboxylic acids is 1. The van der Waals surface area contributed by atoms with E-state index in [9.17, 15) is 13.2 Å². The van der Waals surface area contributed by atoms with Gasteiger partial charge in [0.15, 0.2) is 4.96 Å². The normalized spacial score (nSPS) is 16.7. The van der Waals surface area contributed by atoms with E-state index >= 15 is 0 Å². The number of thiazole rings is 1. The smallest absolute Gasteiger partial charge is 0.243 e. The van der Waals surface area contributed by atoms with Crippen molar-refractivity contribution < 1.29 is 13.2 Å². The maximum absolute atomic E-state index is 13.2. The summed E-state index contributed by atoms with van der Waals surface area (Å²) in [6, 6.07) is 14.3. The summed E-state index contributed by atoms with van der Waals surface area (Å²) < 4.78 is 28.7. The van der Waals surface area contributed by atoms with Crippen LogP contribution in [0.25, 0.3) is 16.2 Å². The molecule has 0 aliphatic carbocycles. The molecule has 9 heteroatoms. The summed E-state index contributed by atoms with van der Waals surface area (Å²) in [5.41, 5.74) is 4.37. The highest BCUT2D eigenvalue weighted by molar-refractivity contribution is 7.89. The second-order valence-corrected chi connectivity index (χ2v) is 10.8. The van der Waals surface area contributed by atoms with Crippen LogP contribution in [0.2, 0.25) is 0 Å². The van der Waals surface area contributed by atoms with Gasteiger partial charge >= 0.3 is 0 Å². The minimum atomic E-state index is -3.54. The molecule has 2 aromatic carbocycles. The lowest BCUT2D eigenvalue weighted by molar-refractivity contribution is -0.120. The van der Waals surface area contributed by atoms with Crippen molar-refractivity contribution in [3.8, 4) is 11.3 Å². The molecule has 0 spiro atoms. The summed E-state index contributed by atoms with van der Waals surface area (Å²) in [5, 5.41) is 4.88. The quantitative estimate of drug-likeness (QED) is 0.485. The van der Waals surface area contributed by atoms with Gasteiger partial charge in [-0.3, -0.25) is 9.20 Å². The van der Waals surface area contributed by atoms with Crippen LogP contribution in [0.5, 0.6) is 0 Å². The third-order valence-corrected chi connectivity index (χ3v) is 8.37. The van der Waals surface area contributed by atoms with Gasteiger partial charge in [-0.25, -0.2) is 13.4 Å². The van der Waals surface area contributed by atoms with Crippen LogP contribution in [0.3, 0.4) is 0 Å². The van der Waals surface area contributed by atoms with Crippen LogP contribution >= 0.6 is 11.3 Å². The molecule has 0 saturated heterocycles. The number of rotatable bonds is 5. The largest absolute Gasteiger partial charge is 0.325 e. The summed E-state index contributed by atoms with van der Waals surface area (Å²) in [7, 11) is -3.54. The Kier molecular flexibility index (Phi) is 5.32. The fraction of sp³-hybridized carbons (Fsp3) is 0.217. The first-order valence-electron chi connectivity index (χ1n) is 10.3. The summed E-state index contributed by atoms with van der Waals surface area (Å²) >= 11 is 1.57. The number of nitrogens with zero attached hydrogens (tertiary/aromatic N) is 3. The van der Waals surface area contributed by atoms with Gasteiger partial charge in [-0.1, -0.05) is 36.4 Å². The van der Waals surface area contributed by atoms with Crippen LogP contribution < -0.4 is 5.32 Å². The van der Waals surface area contributed by atoms with Gasteiger partial charge in [0, 0.05) is 35.6 Å².